The highest BCUT2D eigenvalue weighted by molar-refractivity contribution is 5.69. The van der Waals surface area contributed by atoms with Crippen LogP contribution in [0.15, 0.2) is 11.6 Å². The third kappa shape index (κ3) is 10.1. The Bertz CT molecular complexity index is 894. The van der Waals surface area contributed by atoms with Crippen LogP contribution in [0.3, 0.4) is 0 Å². The summed E-state index contributed by atoms with van der Waals surface area (Å²) in [5.41, 5.74) is 2.32. The van der Waals surface area contributed by atoms with Crippen molar-refractivity contribution >= 4 is 5.97 Å². The number of rotatable bonds is 21. The van der Waals surface area contributed by atoms with Gasteiger partial charge in [0.1, 0.15) is 0 Å². The number of carbonyl (C=O) groups excluding carboxylic acids is 1. The maximum Gasteiger partial charge on any atom is 0.305 e. The molecule has 0 saturated heterocycles. The van der Waals surface area contributed by atoms with E-state index in [4.69, 9.17) is 4.74 Å². The van der Waals surface area contributed by atoms with Crippen molar-refractivity contribution in [2.45, 2.75) is 201 Å². The molecule has 0 amide bonds. The van der Waals surface area contributed by atoms with Gasteiger partial charge < -0.3 is 9.84 Å². The predicted molar refractivity (Wildman–Crippen MR) is 190 cm³/mol. The van der Waals surface area contributed by atoms with Crippen LogP contribution >= 0.6 is 0 Å². The standard InChI is InChI=1S/C42H74O3/c1-5-6-7-8-9-10-11-12-13-14-15-16-17-18-19-20-31-45-40(44)26-21-33(2)37-24-25-38-36-23-22-34-32-35(43)27-29-41(34,3)39(36)28-30-42(37,38)4/h22,33,35-39,43H,5-21,23-32H2,1-4H3/t33-,35+,36+,37-,38+,39+,41+,42-/m1/s1. The third-order valence-corrected chi connectivity index (χ3v) is 13.9. The average Bonchev–Trinajstić information content (AvgIpc) is 3.39. The van der Waals surface area contributed by atoms with E-state index in [9.17, 15) is 9.90 Å². The molecule has 4 aliphatic carbocycles. The van der Waals surface area contributed by atoms with Gasteiger partial charge in [0.15, 0.2) is 0 Å². The quantitative estimate of drug-likeness (QED) is 0.0783. The summed E-state index contributed by atoms with van der Waals surface area (Å²) in [7, 11) is 0. The van der Waals surface area contributed by atoms with Crippen molar-refractivity contribution in [2.75, 3.05) is 6.61 Å². The minimum absolute atomic E-state index is 0.0311. The molecule has 3 heteroatoms. The van der Waals surface area contributed by atoms with Gasteiger partial charge in [0.05, 0.1) is 12.7 Å². The van der Waals surface area contributed by atoms with Gasteiger partial charge in [-0.25, -0.2) is 0 Å². The molecule has 4 rings (SSSR count). The Morgan fingerprint density at radius 1 is 0.822 bits per heavy atom. The second-order valence-electron chi connectivity index (χ2n) is 16.9. The molecule has 0 unspecified atom stereocenters. The van der Waals surface area contributed by atoms with Crippen molar-refractivity contribution in [1.29, 1.82) is 0 Å². The van der Waals surface area contributed by atoms with Crippen LogP contribution < -0.4 is 0 Å². The Hall–Kier alpha value is -0.830. The average molecular weight is 627 g/mol. The molecule has 0 aromatic carbocycles. The van der Waals surface area contributed by atoms with Crippen LogP contribution in [0.25, 0.3) is 0 Å². The molecule has 3 saturated carbocycles. The lowest BCUT2D eigenvalue weighted by Gasteiger charge is -2.58. The lowest BCUT2D eigenvalue weighted by molar-refractivity contribution is -0.144. The minimum Gasteiger partial charge on any atom is -0.466 e. The first kappa shape index (κ1) is 37.0. The Morgan fingerprint density at radius 3 is 2.04 bits per heavy atom. The summed E-state index contributed by atoms with van der Waals surface area (Å²) < 4.78 is 5.68. The minimum atomic E-state index is -0.118. The summed E-state index contributed by atoms with van der Waals surface area (Å²) in [6, 6.07) is 0. The molecular weight excluding hydrogens is 552 g/mol. The van der Waals surface area contributed by atoms with Crippen LogP contribution in [0.2, 0.25) is 0 Å². The fourth-order valence-corrected chi connectivity index (χ4v) is 11.1. The summed E-state index contributed by atoms with van der Waals surface area (Å²) in [6.45, 7) is 10.5. The van der Waals surface area contributed by atoms with Crippen molar-refractivity contribution in [3.05, 3.63) is 11.6 Å². The van der Waals surface area contributed by atoms with Gasteiger partial charge >= 0.3 is 5.97 Å². The largest absolute Gasteiger partial charge is 0.466 e. The number of ether oxygens (including phenoxy) is 1. The second-order valence-corrected chi connectivity index (χ2v) is 16.9. The topological polar surface area (TPSA) is 46.5 Å². The molecule has 0 heterocycles. The monoisotopic (exact) mass is 627 g/mol. The van der Waals surface area contributed by atoms with Gasteiger partial charge in [0.25, 0.3) is 0 Å². The molecule has 1 N–H and O–H groups in total. The van der Waals surface area contributed by atoms with E-state index >= 15 is 0 Å². The molecule has 8 atom stereocenters. The molecular formula is C42H74O3. The first-order chi connectivity index (χ1) is 21.8. The number of aliphatic hydroxyl groups is 1. The van der Waals surface area contributed by atoms with Gasteiger partial charge in [-0.05, 0) is 105 Å². The molecule has 45 heavy (non-hydrogen) atoms. The van der Waals surface area contributed by atoms with E-state index in [0.29, 0.717) is 29.8 Å². The molecule has 3 fully saturated rings. The van der Waals surface area contributed by atoms with E-state index in [1.165, 1.54) is 135 Å². The highest BCUT2D eigenvalue weighted by Gasteiger charge is 2.59. The SMILES string of the molecule is CCCCCCCCCCCCCCCCCCOC(=O)CC[C@@H](C)[C@H]1CC[C@H]2[C@@H]3CC=C4C[C@@H](O)CC[C@]4(C)[C@H]3CC[C@]12C. The molecule has 0 bridgehead atoms. The number of unbranched alkanes of at least 4 members (excludes halogenated alkanes) is 15. The molecule has 0 aromatic heterocycles. The summed E-state index contributed by atoms with van der Waals surface area (Å²) in [6.07, 6.45) is 35.6. The van der Waals surface area contributed by atoms with Gasteiger partial charge in [-0.3, -0.25) is 4.79 Å². The Kier molecular flexibility index (Phi) is 15.3. The number of allylic oxidation sites excluding steroid dienone is 1. The zero-order chi connectivity index (χ0) is 32.1. The van der Waals surface area contributed by atoms with Gasteiger partial charge in [-0.15, -0.1) is 0 Å². The number of carbonyl (C=O) groups is 1. The van der Waals surface area contributed by atoms with Crippen LogP contribution in [0.5, 0.6) is 0 Å². The normalized spacial score (nSPS) is 33.2. The number of esters is 1. The van der Waals surface area contributed by atoms with Crippen molar-refractivity contribution in [2.24, 2.45) is 40.4 Å². The van der Waals surface area contributed by atoms with E-state index in [2.05, 4.69) is 33.8 Å². The van der Waals surface area contributed by atoms with Crippen molar-refractivity contribution in [1.82, 2.24) is 0 Å². The molecule has 260 valence electrons. The van der Waals surface area contributed by atoms with Crippen molar-refractivity contribution < 1.29 is 14.6 Å². The lowest BCUT2D eigenvalue weighted by atomic mass is 9.47. The Labute approximate surface area is 279 Å². The number of hydrogen-bond acceptors (Lipinski definition) is 3. The zero-order valence-corrected chi connectivity index (χ0v) is 30.4. The number of hydrogen-bond donors (Lipinski definition) is 1. The lowest BCUT2D eigenvalue weighted by Crippen LogP contribution is -2.50. The van der Waals surface area contributed by atoms with Crippen molar-refractivity contribution in [3.8, 4) is 0 Å². The fourth-order valence-electron chi connectivity index (χ4n) is 11.1. The third-order valence-electron chi connectivity index (χ3n) is 13.9. The summed E-state index contributed by atoms with van der Waals surface area (Å²) in [5.74, 6) is 3.81. The van der Waals surface area contributed by atoms with Crippen molar-refractivity contribution in [3.63, 3.8) is 0 Å². The molecule has 0 radical (unpaired) electrons. The van der Waals surface area contributed by atoms with Crippen LogP contribution in [-0.2, 0) is 9.53 Å². The number of aliphatic hydroxyl groups excluding tert-OH is 1. The fraction of sp³-hybridized carbons (Fsp3) is 0.929. The van der Waals surface area contributed by atoms with Crippen LogP contribution in [-0.4, -0.2) is 23.8 Å². The van der Waals surface area contributed by atoms with E-state index in [0.717, 1.165) is 49.4 Å². The molecule has 0 spiro atoms. The van der Waals surface area contributed by atoms with Gasteiger partial charge in [-0.2, -0.15) is 0 Å². The highest BCUT2D eigenvalue weighted by Crippen LogP contribution is 2.67. The molecule has 3 nitrogen and oxygen atoms in total. The van der Waals surface area contributed by atoms with E-state index in [-0.39, 0.29) is 12.1 Å². The highest BCUT2D eigenvalue weighted by atomic mass is 16.5. The maximum absolute atomic E-state index is 12.6. The summed E-state index contributed by atoms with van der Waals surface area (Å²) in [5, 5.41) is 10.3. The van der Waals surface area contributed by atoms with Crippen LogP contribution in [0.1, 0.15) is 195 Å². The smallest absolute Gasteiger partial charge is 0.305 e. The first-order valence-corrected chi connectivity index (χ1v) is 20.3. The zero-order valence-electron chi connectivity index (χ0n) is 30.4. The van der Waals surface area contributed by atoms with E-state index in [1.807, 2.05) is 0 Å². The van der Waals surface area contributed by atoms with E-state index < -0.39 is 0 Å². The van der Waals surface area contributed by atoms with Crippen LogP contribution in [0.4, 0.5) is 0 Å². The van der Waals surface area contributed by atoms with E-state index in [1.54, 1.807) is 5.57 Å². The summed E-state index contributed by atoms with van der Waals surface area (Å²) in [4.78, 5) is 12.6. The molecule has 4 aliphatic rings. The van der Waals surface area contributed by atoms with Gasteiger partial charge in [-0.1, -0.05) is 136 Å². The second kappa shape index (κ2) is 18.6. The Morgan fingerprint density at radius 2 is 1.42 bits per heavy atom. The summed E-state index contributed by atoms with van der Waals surface area (Å²) >= 11 is 0. The van der Waals surface area contributed by atoms with Gasteiger partial charge in [0, 0.05) is 6.42 Å². The maximum atomic E-state index is 12.6. The molecule has 0 aromatic rings. The first-order valence-electron chi connectivity index (χ1n) is 20.3. The predicted octanol–water partition coefficient (Wildman–Crippen LogP) is 12.1. The Balaban J connectivity index is 1.02. The molecule has 0 aliphatic heterocycles. The van der Waals surface area contributed by atoms with Crippen LogP contribution in [0, 0.1) is 40.4 Å². The van der Waals surface area contributed by atoms with Gasteiger partial charge in [0.2, 0.25) is 0 Å². The number of fused-ring (bicyclic) bond motifs is 5.